The van der Waals surface area contributed by atoms with Gasteiger partial charge in [-0.3, -0.25) is 4.79 Å². The first kappa shape index (κ1) is 15.0. The van der Waals surface area contributed by atoms with Gasteiger partial charge in [-0.05, 0) is 18.4 Å². The Hall–Kier alpha value is -2.55. The monoisotopic (exact) mass is 344 g/mol. The zero-order valence-corrected chi connectivity index (χ0v) is 13.9. The van der Waals surface area contributed by atoms with Crippen molar-refractivity contribution in [2.45, 2.75) is 5.22 Å². The minimum Gasteiger partial charge on any atom is -0.407 e. The van der Waals surface area contributed by atoms with E-state index in [9.17, 15) is 4.79 Å². The number of carbonyl (C=O) groups excluding carboxylic acids is 1. The van der Waals surface area contributed by atoms with E-state index in [1.807, 2.05) is 18.4 Å². The van der Waals surface area contributed by atoms with Crippen molar-refractivity contribution in [3.05, 3.63) is 30.4 Å². The maximum absolute atomic E-state index is 12.4. The average molecular weight is 344 g/mol. The molecule has 1 aliphatic rings. The molecule has 0 bridgehead atoms. The average Bonchev–Trinajstić information content (AvgIpc) is 3.30. The van der Waals surface area contributed by atoms with E-state index in [-0.39, 0.29) is 11.8 Å². The summed E-state index contributed by atoms with van der Waals surface area (Å²) in [4.78, 5) is 23.9. The zero-order valence-electron chi connectivity index (χ0n) is 13.1. The number of aromatic amines is 1. The predicted molar refractivity (Wildman–Crippen MR) is 90.3 cm³/mol. The Balaban J connectivity index is 1.47. The van der Waals surface area contributed by atoms with Crippen molar-refractivity contribution in [1.29, 1.82) is 0 Å². The molecule has 0 spiro atoms. The van der Waals surface area contributed by atoms with Gasteiger partial charge in [0.05, 0.1) is 17.5 Å². The smallest absolute Gasteiger partial charge is 0.311 e. The second-order valence-corrected chi connectivity index (χ2v) is 6.19. The van der Waals surface area contributed by atoms with E-state index in [1.54, 1.807) is 11.2 Å². The number of imidazole rings is 1. The van der Waals surface area contributed by atoms with Crippen molar-refractivity contribution >= 4 is 34.4 Å². The molecule has 9 heteroatoms. The van der Waals surface area contributed by atoms with Gasteiger partial charge in [0.1, 0.15) is 5.52 Å². The molecule has 0 radical (unpaired) electrons. The summed E-state index contributed by atoms with van der Waals surface area (Å²) in [5, 5.41) is 8.04. The lowest BCUT2D eigenvalue weighted by atomic mass is 10.2. The van der Waals surface area contributed by atoms with E-state index in [0.29, 0.717) is 18.3 Å². The molecule has 24 heavy (non-hydrogen) atoms. The van der Waals surface area contributed by atoms with Crippen molar-refractivity contribution in [3.63, 3.8) is 0 Å². The number of para-hydroxylation sites is 1. The predicted octanol–water partition coefficient (Wildman–Crippen LogP) is 1.63. The number of benzene rings is 1. The van der Waals surface area contributed by atoms with Gasteiger partial charge in [-0.1, -0.05) is 17.8 Å². The van der Waals surface area contributed by atoms with E-state index in [1.165, 1.54) is 11.8 Å². The number of nitrogens with one attached hydrogen (secondary N) is 1. The van der Waals surface area contributed by atoms with Gasteiger partial charge in [0.25, 0.3) is 5.22 Å². The van der Waals surface area contributed by atoms with Crippen molar-refractivity contribution in [3.8, 4) is 0 Å². The van der Waals surface area contributed by atoms with E-state index in [0.717, 1.165) is 29.8 Å². The van der Waals surface area contributed by atoms with Gasteiger partial charge in [0, 0.05) is 26.2 Å². The summed E-state index contributed by atoms with van der Waals surface area (Å²) in [6.07, 6.45) is 3.53. The van der Waals surface area contributed by atoms with E-state index in [4.69, 9.17) is 4.42 Å². The molecule has 3 heterocycles. The fraction of sp³-hybridized carbons (Fsp3) is 0.333. The minimum absolute atomic E-state index is 0.0576. The van der Waals surface area contributed by atoms with Crippen LogP contribution in [0, 0.1) is 0 Å². The lowest BCUT2D eigenvalue weighted by Gasteiger charge is -2.35. The molecule has 0 unspecified atom stereocenters. The van der Waals surface area contributed by atoms with Gasteiger partial charge >= 0.3 is 11.8 Å². The Morgan fingerprint density at radius 1 is 1.25 bits per heavy atom. The molecule has 8 nitrogen and oxygen atoms in total. The Bertz CT molecular complexity index is 868. The molecular weight excluding hydrogens is 328 g/mol. The van der Waals surface area contributed by atoms with Crippen LogP contribution >= 0.6 is 11.8 Å². The molecule has 0 saturated carbocycles. The number of aromatic nitrogens is 4. The van der Waals surface area contributed by atoms with Gasteiger partial charge in [-0.25, -0.2) is 4.98 Å². The van der Waals surface area contributed by atoms with E-state index in [2.05, 4.69) is 31.1 Å². The highest BCUT2D eigenvalue weighted by Crippen LogP contribution is 2.25. The van der Waals surface area contributed by atoms with Crippen LogP contribution in [0.25, 0.3) is 11.0 Å². The molecule has 2 aromatic heterocycles. The Labute approximate surface area is 142 Å². The molecule has 0 aliphatic carbocycles. The van der Waals surface area contributed by atoms with Crippen LogP contribution in [0.1, 0.15) is 10.7 Å². The van der Waals surface area contributed by atoms with Crippen LogP contribution in [-0.2, 0) is 0 Å². The Morgan fingerprint density at radius 2 is 2.08 bits per heavy atom. The topological polar surface area (TPSA) is 91.2 Å². The highest BCUT2D eigenvalue weighted by atomic mass is 32.2. The summed E-state index contributed by atoms with van der Waals surface area (Å²) >= 11 is 1.32. The molecule has 124 valence electrons. The number of hydrogen-bond acceptors (Lipinski definition) is 7. The molecule has 0 atom stereocenters. The van der Waals surface area contributed by atoms with Crippen molar-refractivity contribution in [2.75, 3.05) is 37.3 Å². The molecule has 1 saturated heterocycles. The summed E-state index contributed by atoms with van der Waals surface area (Å²) in [7, 11) is 0. The molecule has 1 aromatic carbocycles. The number of anilines is 1. The third kappa shape index (κ3) is 2.60. The number of fused-ring (bicyclic) bond motifs is 1. The largest absolute Gasteiger partial charge is 0.407 e. The van der Waals surface area contributed by atoms with Crippen LogP contribution in [0.3, 0.4) is 0 Å². The number of hydrogen-bond donors (Lipinski definition) is 1. The van der Waals surface area contributed by atoms with Crippen molar-refractivity contribution < 1.29 is 9.21 Å². The summed E-state index contributed by atoms with van der Waals surface area (Å²) in [5.74, 6) is -0.150. The molecular formula is C15H16N6O2S. The molecule has 4 rings (SSSR count). The standard InChI is InChI=1S/C15H16N6O2S/c1-24-15-19-18-13(23-15)14(22)21-7-5-20(6-8-21)11-4-2-3-10-12(11)17-9-16-10/h2-4,9H,5-8H2,1H3,(H,16,17). The number of amides is 1. The number of carbonyl (C=O) groups is 1. The first-order chi connectivity index (χ1) is 11.8. The maximum atomic E-state index is 12.4. The Morgan fingerprint density at radius 3 is 2.83 bits per heavy atom. The molecule has 3 aromatic rings. The summed E-state index contributed by atoms with van der Waals surface area (Å²) in [6, 6.07) is 6.07. The normalized spacial score (nSPS) is 15.2. The number of rotatable bonds is 3. The third-order valence-corrected chi connectivity index (χ3v) is 4.61. The van der Waals surface area contributed by atoms with Crippen molar-refractivity contribution in [2.24, 2.45) is 0 Å². The number of H-pyrrole nitrogens is 1. The minimum atomic E-state index is -0.208. The lowest BCUT2D eigenvalue weighted by Crippen LogP contribution is -2.49. The second kappa shape index (κ2) is 6.16. The van der Waals surface area contributed by atoms with Crippen LogP contribution in [0.15, 0.2) is 34.2 Å². The fourth-order valence-corrected chi connectivity index (χ4v) is 3.15. The summed E-state index contributed by atoms with van der Waals surface area (Å²) in [5.41, 5.74) is 3.06. The highest BCUT2D eigenvalue weighted by Gasteiger charge is 2.26. The van der Waals surface area contributed by atoms with E-state index < -0.39 is 0 Å². The maximum Gasteiger partial charge on any atom is 0.311 e. The SMILES string of the molecule is CSc1nnc(C(=O)N2CCN(c3cccc4[nH]cnc34)CC2)o1. The van der Waals surface area contributed by atoms with Crippen LogP contribution in [0.4, 0.5) is 5.69 Å². The zero-order chi connectivity index (χ0) is 16.5. The van der Waals surface area contributed by atoms with Crippen LogP contribution in [0.2, 0.25) is 0 Å². The van der Waals surface area contributed by atoms with Crippen LogP contribution in [-0.4, -0.2) is 63.4 Å². The molecule has 1 N–H and O–H groups in total. The van der Waals surface area contributed by atoms with E-state index >= 15 is 0 Å². The second-order valence-electron chi connectivity index (χ2n) is 5.43. The van der Waals surface area contributed by atoms with Gasteiger partial charge in [0.15, 0.2) is 0 Å². The van der Waals surface area contributed by atoms with Gasteiger partial charge in [-0.15, -0.1) is 10.2 Å². The lowest BCUT2D eigenvalue weighted by molar-refractivity contribution is 0.0701. The van der Waals surface area contributed by atoms with Crippen molar-refractivity contribution in [1.82, 2.24) is 25.1 Å². The molecule has 1 amide bonds. The van der Waals surface area contributed by atoms with Crippen LogP contribution < -0.4 is 4.90 Å². The first-order valence-corrected chi connectivity index (χ1v) is 8.82. The number of nitrogens with zero attached hydrogens (tertiary/aromatic N) is 5. The third-order valence-electron chi connectivity index (χ3n) is 4.10. The number of thioether (sulfide) groups is 1. The quantitative estimate of drug-likeness (QED) is 0.722. The van der Waals surface area contributed by atoms with Gasteiger partial charge < -0.3 is 19.2 Å². The summed E-state index contributed by atoms with van der Waals surface area (Å²) < 4.78 is 5.33. The highest BCUT2D eigenvalue weighted by molar-refractivity contribution is 7.98. The molecule has 1 fully saturated rings. The van der Waals surface area contributed by atoms with Gasteiger partial charge in [0.2, 0.25) is 0 Å². The first-order valence-electron chi connectivity index (χ1n) is 7.60. The molecule has 1 aliphatic heterocycles. The number of piperazine rings is 1. The fourth-order valence-electron chi connectivity index (χ4n) is 2.87. The summed E-state index contributed by atoms with van der Waals surface area (Å²) in [6.45, 7) is 2.69. The van der Waals surface area contributed by atoms with Crippen LogP contribution in [0.5, 0.6) is 0 Å². The Kier molecular flexibility index (Phi) is 3.85. The van der Waals surface area contributed by atoms with Gasteiger partial charge in [-0.2, -0.15) is 0 Å².